The number of rotatable bonds is 4. The number of hydrogen-bond acceptors (Lipinski definition) is 2. The fraction of sp³-hybridized carbons (Fsp3) is 0.250. The van der Waals surface area contributed by atoms with Gasteiger partial charge in [-0.15, -0.1) is 11.8 Å². The zero-order chi connectivity index (χ0) is 13.0. The van der Waals surface area contributed by atoms with Crippen molar-refractivity contribution in [3.63, 3.8) is 0 Å². The minimum absolute atomic E-state index is 0.867. The first-order chi connectivity index (χ1) is 8.69. The second-order valence-electron chi connectivity index (χ2n) is 4.48. The molecule has 0 spiro atoms. The average molecular weight is 257 g/mol. The normalized spacial score (nSPS) is 10.6. The van der Waals surface area contributed by atoms with E-state index in [1.54, 1.807) is 0 Å². The number of benzene rings is 2. The van der Waals surface area contributed by atoms with E-state index in [-0.39, 0.29) is 0 Å². The highest BCUT2D eigenvalue weighted by molar-refractivity contribution is 7.98. The van der Waals surface area contributed by atoms with Gasteiger partial charge in [-0.05, 0) is 48.2 Å². The van der Waals surface area contributed by atoms with E-state index in [9.17, 15) is 0 Å². The molecule has 2 aromatic carbocycles. The number of thioether (sulfide) groups is 1. The summed E-state index contributed by atoms with van der Waals surface area (Å²) >= 11 is 1.85. The van der Waals surface area contributed by atoms with Crippen LogP contribution >= 0.6 is 11.8 Å². The van der Waals surface area contributed by atoms with Crippen molar-refractivity contribution in [1.82, 2.24) is 0 Å². The molecule has 0 aliphatic heterocycles. The Labute approximate surface area is 113 Å². The van der Waals surface area contributed by atoms with Crippen LogP contribution in [0.1, 0.15) is 23.6 Å². The van der Waals surface area contributed by atoms with Crippen molar-refractivity contribution in [3.05, 3.63) is 59.2 Å². The van der Waals surface area contributed by atoms with E-state index >= 15 is 0 Å². The SMILES string of the molecule is CCc1ccc(CSc2ccc(N)c(C)c2)cc1. The summed E-state index contributed by atoms with van der Waals surface area (Å²) in [6.07, 6.45) is 1.10. The maximum atomic E-state index is 5.82. The van der Waals surface area contributed by atoms with Crippen LogP contribution in [0.25, 0.3) is 0 Å². The Morgan fingerprint density at radius 3 is 2.28 bits per heavy atom. The van der Waals surface area contributed by atoms with E-state index in [2.05, 4.69) is 50.2 Å². The van der Waals surface area contributed by atoms with Gasteiger partial charge in [-0.1, -0.05) is 31.2 Å². The van der Waals surface area contributed by atoms with Gasteiger partial charge in [0.05, 0.1) is 0 Å². The molecule has 0 aromatic heterocycles. The third-order valence-electron chi connectivity index (χ3n) is 3.08. The van der Waals surface area contributed by atoms with Crippen LogP contribution in [0, 0.1) is 6.92 Å². The van der Waals surface area contributed by atoms with Crippen LogP contribution in [0.3, 0.4) is 0 Å². The van der Waals surface area contributed by atoms with Gasteiger partial charge >= 0.3 is 0 Å². The first kappa shape index (κ1) is 13.0. The van der Waals surface area contributed by atoms with Crippen LogP contribution in [-0.4, -0.2) is 0 Å². The Balaban J connectivity index is 1.99. The van der Waals surface area contributed by atoms with Gasteiger partial charge in [-0.2, -0.15) is 0 Å². The second kappa shape index (κ2) is 5.96. The van der Waals surface area contributed by atoms with Crippen molar-refractivity contribution in [2.75, 3.05) is 5.73 Å². The molecule has 2 rings (SSSR count). The summed E-state index contributed by atoms with van der Waals surface area (Å²) in [4.78, 5) is 1.28. The third-order valence-corrected chi connectivity index (χ3v) is 4.14. The monoisotopic (exact) mass is 257 g/mol. The van der Waals surface area contributed by atoms with Crippen LogP contribution in [0.4, 0.5) is 5.69 Å². The molecule has 1 nitrogen and oxygen atoms in total. The zero-order valence-electron chi connectivity index (χ0n) is 10.9. The molecular formula is C16H19NS. The summed E-state index contributed by atoms with van der Waals surface area (Å²) in [5.41, 5.74) is 10.6. The van der Waals surface area contributed by atoms with Crippen molar-refractivity contribution in [3.8, 4) is 0 Å². The first-order valence-electron chi connectivity index (χ1n) is 6.26. The lowest BCUT2D eigenvalue weighted by molar-refractivity contribution is 1.13. The van der Waals surface area contributed by atoms with Gasteiger partial charge in [0.15, 0.2) is 0 Å². The van der Waals surface area contributed by atoms with E-state index in [1.165, 1.54) is 16.0 Å². The van der Waals surface area contributed by atoms with Crippen LogP contribution in [0.2, 0.25) is 0 Å². The number of hydrogen-bond donors (Lipinski definition) is 1. The van der Waals surface area contributed by atoms with Crippen molar-refractivity contribution in [2.24, 2.45) is 0 Å². The Morgan fingerprint density at radius 2 is 1.67 bits per heavy atom. The molecule has 0 atom stereocenters. The van der Waals surface area contributed by atoms with Crippen molar-refractivity contribution < 1.29 is 0 Å². The molecule has 18 heavy (non-hydrogen) atoms. The number of nitrogens with two attached hydrogens (primary N) is 1. The molecule has 0 saturated carbocycles. The predicted octanol–water partition coefficient (Wildman–Crippen LogP) is 4.43. The predicted molar refractivity (Wildman–Crippen MR) is 81.0 cm³/mol. The van der Waals surface area contributed by atoms with Crippen molar-refractivity contribution in [1.29, 1.82) is 0 Å². The fourth-order valence-electron chi connectivity index (χ4n) is 1.78. The molecule has 0 heterocycles. The Morgan fingerprint density at radius 1 is 1.00 bits per heavy atom. The minimum Gasteiger partial charge on any atom is -0.399 e. The summed E-state index contributed by atoms with van der Waals surface area (Å²) in [6.45, 7) is 4.23. The minimum atomic E-state index is 0.867. The summed E-state index contributed by atoms with van der Waals surface area (Å²) in [7, 11) is 0. The highest BCUT2D eigenvalue weighted by atomic mass is 32.2. The van der Waals surface area contributed by atoms with E-state index in [0.717, 1.165) is 23.4 Å². The lowest BCUT2D eigenvalue weighted by Gasteiger charge is -2.06. The molecule has 0 amide bonds. The second-order valence-corrected chi connectivity index (χ2v) is 5.53. The van der Waals surface area contributed by atoms with Gasteiger partial charge < -0.3 is 5.73 Å². The van der Waals surface area contributed by atoms with Gasteiger partial charge in [0.25, 0.3) is 0 Å². The largest absolute Gasteiger partial charge is 0.399 e. The van der Waals surface area contributed by atoms with Crippen LogP contribution in [-0.2, 0) is 12.2 Å². The molecule has 0 unspecified atom stereocenters. The van der Waals surface area contributed by atoms with E-state index in [4.69, 9.17) is 5.73 Å². The van der Waals surface area contributed by atoms with Gasteiger partial charge in [-0.25, -0.2) is 0 Å². The summed E-state index contributed by atoms with van der Waals surface area (Å²) in [6, 6.07) is 15.1. The lowest BCUT2D eigenvalue weighted by atomic mass is 10.1. The first-order valence-corrected chi connectivity index (χ1v) is 7.24. The van der Waals surface area contributed by atoms with Crippen LogP contribution < -0.4 is 5.73 Å². The van der Waals surface area contributed by atoms with E-state index in [0.29, 0.717) is 0 Å². The van der Waals surface area contributed by atoms with Gasteiger partial charge in [0, 0.05) is 16.3 Å². The highest BCUT2D eigenvalue weighted by Crippen LogP contribution is 2.25. The molecule has 0 aliphatic rings. The molecule has 2 heteroatoms. The Hall–Kier alpha value is -1.41. The summed E-state index contributed by atoms with van der Waals surface area (Å²) in [5.74, 6) is 1.01. The number of aryl methyl sites for hydroxylation is 2. The van der Waals surface area contributed by atoms with E-state index < -0.39 is 0 Å². The number of anilines is 1. The zero-order valence-corrected chi connectivity index (χ0v) is 11.8. The Kier molecular flexibility index (Phi) is 4.32. The van der Waals surface area contributed by atoms with Crippen molar-refractivity contribution >= 4 is 17.4 Å². The molecule has 0 fully saturated rings. The van der Waals surface area contributed by atoms with Crippen LogP contribution in [0.5, 0.6) is 0 Å². The lowest BCUT2D eigenvalue weighted by Crippen LogP contribution is -1.89. The van der Waals surface area contributed by atoms with Gasteiger partial charge in [-0.3, -0.25) is 0 Å². The third kappa shape index (κ3) is 3.30. The van der Waals surface area contributed by atoms with Gasteiger partial charge in [0.2, 0.25) is 0 Å². The molecule has 0 aliphatic carbocycles. The summed E-state index contributed by atoms with van der Waals surface area (Å²) < 4.78 is 0. The molecule has 0 radical (unpaired) electrons. The van der Waals surface area contributed by atoms with E-state index in [1.807, 2.05) is 17.8 Å². The van der Waals surface area contributed by atoms with Gasteiger partial charge in [0.1, 0.15) is 0 Å². The quantitative estimate of drug-likeness (QED) is 0.647. The average Bonchev–Trinajstić information content (AvgIpc) is 2.41. The smallest absolute Gasteiger partial charge is 0.0344 e. The standard InChI is InChI=1S/C16H19NS/c1-3-13-4-6-14(7-5-13)11-18-15-8-9-16(17)12(2)10-15/h4-10H,3,11,17H2,1-2H3. The maximum absolute atomic E-state index is 5.82. The number of nitrogen functional groups attached to an aromatic ring is 1. The molecule has 2 N–H and O–H groups in total. The highest BCUT2D eigenvalue weighted by Gasteiger charge is 1.99. The van der Waals surface area contributed by atoms with Crippen molar-refractivity contribution in [2.45, 2.75) is 30.9 Å². The maximum Gasteiger partial charge on any atom is 0.0344 e. The molecule has 0 bridgehead atoms. The Bertz CT molecular complexity index is 517. The molecule has 2 aromatic rings. The summed E-state index contributed by atoms with van der Waals surface area (Å²) in [5, 5.41) is 0. The molecular weight excluding hydrogens is 238 g/mol. The van der Waals surface area contributed by atoms with Crippen LogP contribution in [0.15, 0.2) is 47.4 Å². The topological polar surface area (TPSA) is 26.0 Å². The molecule has 94 valence electrons. The molecule has 0 saturated heterocycles. The fourth-order valence-corrected chi connectivity index (χ4v) is 2.73.